The molecule has 1 atom stereocenters. The molecular formula is C13H17NO3. The second kappa shape index (κ2) is 3.74. The van der Waals surface area contributed by atoms with Crippen LogP contribution in [0.5, 0.6) is 5.75 Å². The van der Waals surface area contributed by atoms with E-state index in [0.717, 1.165) is 5.56 Å². The SMILES string of the molecule is CC1(C)CC(N)(CC(=O)O)c2ccccc2O1. The van der Waals surface area contributed by atoms with Crippen LogP contribution in [-0.2, 0) is 10.3 Å². The van der Waals surface area contributed by atoms with Gasteiger partial charge < -0.3 is 15.6 Å². The molecule has 17 heavy (non-hydrogen) atoms. The molecule has 0 spiro atoms. The first kappa shape index (κ1) is 11.9. The molecule has 4 nitrogen and oxygen atoms in total. The maximum Gasteiger partial charge on any atom is 0.305 e. The third-order valence-corrected chi connectivity index (χ3v) is 3.02. The second-order valence-electron chi connectivity index (χ2n) is 5.26. The first-order valence-corrected chi connectivity index (χ1v) is 5.62. The van der Waals surface area contributed by atoms with Crippen molar-refractivity contribution in [2.24, 2.45) is 5.73 Å². The van der Waals surface area contributed by atoms with Crippen LogP contribution in [0.1, 0.15) is 32.3 Å². The Morgan fingerprint density at radius 3 is 2.76 bits per heavy atom. The Morgan fingerprint density at radius 2 is 2.12 bits per heavy atom. The number of carboxylic acid groups (broad SMARTS) is 1. The molecular weight excluding hydrogens is 218 g/mol. The van der Waals surface area contributed by atoms with Crippen molar-refractivity contribution in [1.82, 2.24) is 0 Å². The van der Waals surface area contributed by atoms with Gasteiger partial charge >= 0.3 is 5.97 Å². The van der Waals surface area contributed by atoms with Gasteiger partial charge in [0.15, 0.2) is 0 Å². The van der Waals surface area contributed by atoms with Gasteiger partial charge in [0.25, 0.3) is 0 Å². The lowest BCUT2D eigenvalue weighted by atomic mass is 9.76. The smallest absolute Gasteiger partial charge is 0.305 e. The number of hydrogen-bond donors (Lipinski definition) is 2. The zero-order valence-corrected chi connectivity index (χ0v) is 10.1. The van der Waals surface area contributed by atoms with Crippen molar-refractivity contribution in [3.8, 4) is 5.75 Å². The molecule has 1 unspecified atom stereocenters. The summed E-state index contributed by atoms with van der Waals surface area (Å²) < 4.78 is 5.82. The minimum absolute atomic E-state index is 0.0865. The number of ether oxygens (including phenoxy) is 1. The van der Waals surface area contributed by atoms with E-state index in [2.05, 4.69) is 0 Å². The highest BCUT2D eigenvalue weighted by atomic mass is 16.5. The van der Waals surface area contributed by atoms with Gasteiger partial charge in [-0.05, 0) is 19.9 Å². The first-order valence-electron chi connectivity index (χ1n) is 5.62. The number of benzene rings is 1. The van der Waals surface area contributed by atoms with Crippen LogP contribution in [0, 0.1) is 0 Å². The Morgan fingerprint density at radius 1 is 1.47 bits per heavy atom. The number of carbonyl (C=O) groups is 1. The van der Waals surface area contributed by atoms with Gasteiger partial charge in [0.1, 0.15) is 11.4 Å². The summed E-state index contributed by atoms with van der Waals surface area (Å²) >= 11 is 0. The Kier molecular flexibility index (Phi) is 2.62. The first-order chi connectivity index (χ1) is 7.82. The molecule has 1 aliphatic rings. The topological polar surface area (TPSA) is 72.6 Å². The fourth-order valence-corrected chi connectivity index (χ4v) is 2.58. The fourth-order valence-electron chi connectivity index (χ4n) is 2.58. The van der Waals surface area contributed by atoms with Crippen molar-refractivity contribution in [3.05, 3.63) is 29.8 Å². The van der Waals surface area contributed by atoms with Gasteiger partial charge in [0.2, 0.25) is 0 Å². The third-order valence-electron chi connectivity index (χ3n) is 3.02. The predicted octanol–water partition coefficient (Wildman–Crippen LogP) is 1.88. The lowest BCUT2D eigenvalue weighted by Crippen LogP contribution is -2.50. The summed E-state index contributed by atoms with van der Waals surface area (Å²) in [5, 5.41) is 9.01. The van der Waals surface area contributed by atoms with E-state index in [1.807, 2.05) is 38.1 Å². The van der Waals surface area contributed by atoms with Gasteiger partial charge in [-0.1, -0.05) is 18.2 Å². The summed E-state index contributed by atoms with van der Waals surface area (Å²) in [4.78, 5) is 11.0. The molecule has 0 saturated carbocycles. The van der Waals surface area contributed by atoms with Crippen molar-refractivity contribution in [2.75, 3.05) is 0 Å². The zero-order valence-electron chi connectivity index (χ0n) is 10.1. The maximum atomic E-state index is 11.0. The summed E-state index contributed by atoms with van der Waals surface area (Å²) in [5.41, 5.74) is 5.76. The fraction of sp³-hybridized carbons (Fsp3) is 0.462. The average molecular weight is 235 g/mol. The van der Waals surface area contributed by atoms with E-state index in [1.165, 1.54) is 0 Å². The largest absolute Gasteiger partial charge is 0.487 e. The van der Waals surface area contributed by atoms with Crippen molar-refractivity contribution in [3.63, 3.8) is 0 Å². The molecule has 0 bridgehead atoms. The van der Waals surface area contributed by atoms with Crippen LogP contribution in [0.15, 0.2) is 24.3 Å². The van der Waals surface area contributed by atoms with Gasteiger partial charge in [0, 0.05) is 12.0 Å². The highest BCUT2D eigenvalue weighted by Gasteiger charge is 2.43. The molecule has 1 aromatic rings. The molecule has 1 aromatic carbocycles. The molecule has 0 fully saturated rings. The van der Waals surface area contributed by atoms with E-state index in [0.29, 0.717) is 12.2 Å². The van der Waals surface area contributed by atoms with Gasteiger partial charge in [-0.2, -0.15) is 0 Å². The lowest BCUT2D eigenvalue weighted by molar-refractivity contribution is -0.139. The number of fused-ring (bicyclic) bond motifs is 1. The maximum absolute atomic E-state index is 11.0. The minimum atomic E-state index is -0.889. The van der Waals surface area contributed by atoms with Crippen molar-refractivity contribution in [1.29, 1.82) is 0 Å². The molecule has 92 valence electrons. The number of hydrogen-bond acceptors (Lipinski definition) is 3. The van der Waals surface area contributed by atoms with Gasteiger partial charge in [-0.3, -0.25) is 4.79 Å². The summed E-state index contributed by atoms with van der Waals surface area (Å²) in [5.74, 6) is -0.201. The highest BCUT2D eigenvalue weighted by Crippen LogP contribution is 2.43. The van der Waals surface area contributed by atoms with Crippen LogP contribution in [0.3, 0.4) is 0 Å². The van der Waals surface area contributed by atoms with Crippen molar-refractivity contribution in [2.45, 2.75) is 37.8 Å². The van der Waals surface area contributed by atoms with E-state index < -0.39 is 17.1 Å². The van der Waals surface area contributed by atoms with E-state index in [4.69, 9.17) is 15.6 Å². The van der Waals surface area contributed by atoms with Crippen LogP contribution in [0.2, 0.25) is 0 Å². The van der Waals surface area contributed by atoms with Gasteiger partial charge in [-0.15, -0.1) is 0 Å². The molecule has 0 radical (unpaired) electrons. The van der Waals surface area contributed by atoms with E-state index in [1.54, 1.807) is 0 Å². The zero-order chi connectivity index (χ0) is 12.7. The molecule has 3 N–H and O–H groups in total. The number of carboxylic acids is 1. The Balaban J connectivity index is 2.49. The number of aliphatic carboxylic acids is 1. The molecule has 1 aliphatic heterocycles. The number of para-hydroxylation sites is 1. The van der Waals surface area contributed by atoms with Gasteiger partial charge in [0.05, 0.1) is 12.0 Å². The molecule has 1 heterocycles. The van der Waals surface area contributed by atoms with Crippen LogP contribution < -0.4 is 10.5 Å². The summed E-state index contributed by atoms with van der Waals surface area (Å²) in [6.07, 6.45) is 0.403. The Hall–Kier alpha value is -1.55. The molecule has 2 rings (SSSR count). The van der Waals surface area contributed by atoms with Crippen LogP contribution >= 0.6 is 0 Å². The monoisotopic (exact) mass is 235 g/mol. The number of nitrogens with two attached hydrogens (primary N) is 1. The Bertz CT molecular complexity index is 456. The summed E-state index contributed by atoms with van der Waals surface area (Å²) in [6, 6.07) is 7.39. The standard InChI is InChI=1S/C13H17NO3/c1-12(2)8-13(14,7-11(15)16)9-5-3-4-6-10(9)17-12/h3-6H,7-8,14H2,1-2H3,(H,15,16). The minimum Gasteiger partial charge on any atom is -0.487 e. The van der Waals surface area contributed by atoms with Crippen LogP contribution in [0.4, 0.5) is 0 Å². The van der Waals surface area contributed by atoms with E-state index >= 15 is 0 Å². The quantitative estimate of drug-likeness (QED) is 0.820. The second-order valence-corrected chi connectivity index (χ2v) is 5.26. The van der Waals surface area contributed by atoms with E-state index in [9.17, 15) is 4.79 Å². The average Bonchev–Trinajstić information content (AvgIpc) is 2.13. The molecule has 0 aromatic heterocycles. The highest BCUT2D eigenvalue weighted by molar-refractivity contribution is 5.69. The van der Waals surface area contributed by atoms with Crippen molar-refractivity contribution < 1.29 is 14.6 Å². The number of rotatable bonds is 2. The van der Waals surface area contributed by atoms with Gasteiger partial charge in [-0.25, -0.2) is 0 Å². The lowest BCUT2D eigenvalue weighted by Gasteiger charge is -2.43. The van der Waals surface area contributed by atoms with E-state index in [-0.39, 0.29) is 6.42 Å². The van der Waals surface area contributed by atoms with Crippen LogP contribution in [0.25, 0.3) is 0 Å². The summed E-state index contributed by atoms with van der Waals surface area (Å²) in [6.45, 7) is 3.85. The van der Waals surface area contributed by atoms with Crippen LogP contribution in [-0.4, -0.2) is 16.7 Å². The predicted molar refractivity (Wildman–Crippen MR) is 63.9 cm³/mol. The summed E-state index contributed by atoms with van der Waals surface area (Å²) in [7, 11) is 0. The molecule has 4 heteroatoms. The third kappa shape index (κ3) is 2.26. The molecule has 0 aliphatic carbocycles. The molecule has 0 amide bonds. The normalized spacial score (nSPS) is 25.8. The van der Waals surface area contributed by atoms with Crippen molar-refractivity contribution >= 4 is 5.97 Å². The molecule has 0 saturated heterocycles. The Labute approximate surface area is 100 Å².